The molecule has 1 heterocycles. The molecule has 0 unspecified atom stereocenters. The second-order valence-corrected chi connectivity index (χ2v) is 4.51. The summed E-state index contributed by atoms with van der Waals surface area (Å²) in [4.78, 5) is 5.51. The van der Waals surface area contributed by atoms with Crippen LogP contribution in [0.3, 0.4) is 0 Å². The third-order valence-corrected chi connectivity index (χ3v) is 3.37. The molecule has 2 nitrogen and oxygen atoms in total. The van der Waals surface area contributed by atoms with Crippen LogP contribution in [0.2, 0.25) is 0 Å². The number of thiazole rings is 1. The van der Waals surface area contributed by atoms with Crippen molar-refractivity contribution < 1.29 is 0 Å². The molecule has 14 heavy (non-hydrogen) atoms. The lowest BCUT2D eigenvalue weighted by Crippen LogP contribution is -1.84. The minimum absolute atomic E-state index is 0.621. The van der Waals surface area contributed by atoms with Crippen molar-refractivity contribution in [2.45, 2.75) is 4.90 Å². The Morgan fingerprint density at radius 1 is 1.36 bits per heavy atom. The Labute approximate surface area is 91.2 Å². The molecule has 0 amide bonds. The first kappa shape index (κ1) is 9.55. The van der Waals surface area contributed by atoms with Crippen molar-refractivity contribution >= 4 is 28.2 Å². The van der Waals surface area contributed by atoms with Gasteiger partial charge < -0.3 is 5.73 Å². The summed E-state index contributed by atoms with van der Waals surface area (Å²) in [5, 5.41) is 2.61. The number of rotatable bonds is 2. The van der Waals surface area contributed by atoms with E-state index in [1.807, 2.05) is 17.5 Å². The maximum absolute atomic E-state index is 5.61. The lowest BCUT2D eigenvalue weighted by Gasteiger charge is -2.02. The number of nitrogens with zero attached hydrogens (tertiary/aromatic N) is 1. The van der Waals surface area contributed by atoms with E-state index in [1.54, 1.807) is 11.8 Å². The van der Waals surface area contributed by atoms with E-state index < -0.39 is 0 Å². The maximum atomic E-state index is 5.61. The summed E-state index contributed by atoms with van der Waals surface area (Å²) in [6.07, 6.45) is 2.06. The van der Waals surface area contributed by atoms with Crippen molar-refractivity contribution in [1.82, 2.24) is 4.98 Å². The first-order valence-electron chi connectivity index (χ1n) is 4.15. The van der Waals surface area contributed by atoms with Gasteiger partial charge in [0.15, 0.2) is 5.13 Å². The molecule has 0 spiro atoms. The van der Waals surface area contributed by atoms with Crippen molar-refractivity contribution in [3.05, 3.63) is 29.6 Å². The van der Waals surface area contributed by atoms with Crippen LogP contribution in [-0.2, 0) is 0 Å². The molecule has 0 aliphatic carbocycles. The molecule has 0 fully saturated rings. The van der Waals surface area contributed by atoms with Crippen LogP contribution in [-0.4, -0.2) is 11.2 Å². The first-order valence-corrected chi connectivity index (χ1v) is 6.26. The predicted molar refractivity (Wildman–Crippen MR) is 63.7 cm³/mol. The fraction of sp³-hybridized carbons (Fsp3) is 0.100. The topological polar surface area (TPSA) is 38.9 Å². The van der Waals surface area contributed by atoms with Gasteiger partial charge in [-0.2, -0.15) is 0 Å². The van der Waals surface area contributed by atoms with E-state index in [0.717, 1.165) is 11.3 Å². The average molecular weight is 222 g/mol. The van der Waals surface area contributed by atoms with Gasteiger partial charge in [0.05, 0.1) is 5.69 Å². The number of benzene rings is 1. The van der Waals surface area contributed by atoms with Gasteiger partial charge in [0.1, 0.15) is 0 Å². The SMILES string of the molecule is CSc1ccccc1-c1csc(N)n1. The number of aromatic nitrogens is 1. The smallest absolute Gasteiger partial charge is 0.180 e. The lowest BCUT2D eigenvalue weighted by molar-refractivity contribution is 1.36. The number of thioether (sulfide) groups is 1. The molecule has 2 N–H and O–H groups in total. The van der Waals surface area contributed by atoms with E-state index in [9.17, 15) is 0 Å². The highest BCUT2D eigenvalue weighted by molar-refractivity contribution is 7.98. The van der Waals surface area contributed by atoms with Crippen LogP contribution in [0.1, 0.15) is 0 Å². The summed E-state index contributed by atoms with van der Waals surface area (Å²) in [5.41, 5.74) is 7.74. The molecular formula is C10H10N2S2. The summed E-state index contributed by atoms with van der Waals surface area (Å²) in [6.45, 7) is 0. The summed E-state index contributed by atoms with van der Waals surface area (Å²) in [6, 6.07) is 8.21. The molecule has 0 atom stereocenters. The largest absolute Gasteiger partial charge is 0.375 e. The Balaban J connectivity index is 2.50. The Morgan fingerprint density at radius 3 is 2.79 bits per heavy atom. The highest BCUT2D eigenvalue weighted by Gasteiger charge is 2.06. The third-order valence-electron chi connectivity index (χ3n) is 1.90. The van der Waals surface area contributed by atoms with Crippen LogP contribution >= 0.6 is 23.1 Å². The zero-order valence-electron chi connectivity index (χ0n) is 7.73. The number of hydrogen-bond acceptors (Lipinski definition) is 4. The zero-order valence-corrected chi connectivity index (χ0v) is 9.36. The van der Waals surface area contributed by atoms with Crippen LogP contribution in [0.15, 0.2) is 34.5 Å². The minimum atomic E-state index is 0.621. The van der Waals surface area contributed by atoms with Gasteiger partial charge in [0.25, 0.3) is 0 Å². The van der Waals surface area contributed by atoms with Crippen LogP contribution in [0, 0.1) is 0 Å². The van der Waals surface area contributed by atoms with Gasteiger partial charge in [-0.3, -0.25) is 0 Å². The maximum Gasteiger partial charge on any atom is 0.180 e. The highest BCUT2D eigenvalue weighted by atomic mass is 32.2. The molecule has 0 bridgehead atoms. The van der Waals surface area contributed by atoms with E-state index >= 15 is 0 Å². The molecule has 0 aliphatic rings. The Hall–Kier alpha value is -1.00. The average Bonchev–Trinajstić information content (AvgIpc) is 2.65. The molecule has 0 saturated heterocycles. The van der Waals surface area contributed by atoms with E-state index in [2.05, 4.69) is 23.4 Å². The van der Waals surface area contributed by atoms with Crippen LogP contribution in [0.5, 0.6) is 0 Å². The lowest BCUT2D eigenvalue weighted by atomic mass is 10.2. The van der Waals surface area contributed by atoms with E-state index in [-0.39, 0.29) is 0 Å². The van der Waals surface area contributed by atoms with Crippen molar-refractivity contribution in [3.8, 4) is 11.3 Å². The Kier molecular flexibility index (Phi) is 2.74. The second kappa shape index (κ2) is 4.02. The van der Waals surface area contributed by atoms with Gasteiger partial charge in [-0.1, -0.05) is 18.2 Å². The molecule has 1 aromatic heterocycles. The second-order valence-electron chi connectivity index (χ2n) is 2.77. The van der Waals surface area contributed by atoms with Gasteiger partial charge >= 0.3 is 0 Å². The van der Waals surface area contributed by atoms with Crippen LogP contribution in [0.25, 0.3) is 11.3 Å². The van der Waals surface area contributed by atoms with Gasteiger partial charge in [-0.25, -0.2) is 4.98 Å². The number of nitrogens with two attached hydrogens (primary N) is 1. The summed E-state index contributed by atoms with van der Waals surface area (Å²) >= 11 is 3.20. The fourth-order valence-electron chi connectivity index (χ4n) is 1.27. The molecule has 2 rings (SSSR count). The fourth-order valence-corrected chi connectivity index (χ4v) is 2.44. The van der Waals surface area contributed by atoms with Crippen molar-refractivity contribution in [3.63, 3.8) is 0 Å². The summed E-state index contributed by atoms with van der Waals surface area (Å²) in [5.74, 6) is 0. The Morgan fingerprint density at radius 2 is 2.14 bits per heavy atom. The molecule has 1 aromatic carbocycles. The molecule has 0 aliphatic heterocycles. The summed E-state index contributed by atoms with van der Waals surface area (Å²) in [7, 11) is 0. The molecular weight excluding hydrogens is 212 g/mol. The molecule has 72 valence electrons. The normalized spacial score (nSPS) is 10.4. The minimum Gasteiger partial charge on any atom is -0.375 e. The van der Waals surface area contributed by atoms with E-state index in [1.165, 1.54) is 16.2 Å². The number of hydrogen-bond donors (Lipinski definition) is 1. The van der Waals surface area contributed by atoms with Gasteiger partial charge in [-0.15, -0.1) is 23.1 Å². The zero-order chi connectivity index (χ0) is 9.97. The summed E-state index contributed by atoms with van der Waals surface area (Å²) < 4.78 is 0. The molecule has 2 aromatic rings. The van der Waals surface area contributed by atoms with Crippen molar-refractivity contribution in [1.29, 1.82) is 0 Å². The van der Waals surface area contributed by atoms with Gasteiger partial charge in [0.2, 0.25) is 0 Å². The van der Waals surface area contributed by atoms with Crippen molar-refractivity contribution in [2.24, 2.45) is 0 Å². The first-order chi connectivity index (χ1) is 6.81. The van der Waals surface area contributed by atoms with Gasteiger partial charge in [0, 0.05) is 15.8 Å². The monoisotopic (exact) mass is 222 g/mol. The Bertz CT molecular complexity index is 437. The standard InChI is InChI=1S/C10H10N2S2/c1-13-9-5-3-2-4-7(9)8-6-14-10(11)12-8/h2-6H,1H3,(H2,11,12). The molecule has 0 saturated carbocycles. The third kappa shape index (κ3) is 1.76. The van der Waals surface area contributed by atoms with Gasteiger partial charge in [-0.05, 0) is 12.3 Å². The highest BCUT2D eigenvalue weighted by Crippen LogP contribution is 2.30. The van der Waals surface area contributed by atoms with E-state index in [0.29, 0.717) is 5.13 Å². The molecule has 4 heteroatoms. The number of anilines is 1. The number of nitrogen functional groups attached to an aromatic ring is 1. The van der Waals surface area contributed by atoms with Crippen LogP contribution < -0.4 is 5.73 Å². The van der Waals surface area contributed by atoms with Crippen LogP contribution in [0.4, 0.5) is 5.13 Å². The van der Waals surface area contributed by atoms with Crippen molar-refractivity contribution in [2.75, 3.05) is 12.0 Å². The quantitative estimate of drug-likeness (QED) is 0.793. The predicted octanol–water partition coefficient (Wildman–Crippen LogP) is 3.11. The molecule has 0 radical (unpaired) electrons. The van der Waals surface area contributed by atoms with E-state index in [4.69, 9.17) is 5.73 Å².